The molecule has 5 nitrogen and oxygen atoms in total. The molecule has 2 amide bonds. The van der Waals surface area contributed by atoms with Crippen molar-refractivity contribution < 1.29 is 19.1 Å². The SMILES string of the molecule is CC(O)CCNC(=O)C(NC(=O)c1ccccc1F)C(C)C. The van der Waals surface area contributed by atoms with Crippen molar-refractivity contribution in [1.29, 1.82) is 0 Å². The number of aliphatic hydroxyl groups excluding tert-OH is 1. The first-order valence-electron chi connectivity index (χ1n) is 7.34. The van der Waals surface area contributed by atoms with Crippen LogP contribution in [0, 0.1) is 11.7 Å². The van der Waals surface area contributed by atoms with E-state index in [1.54, 1.807) is 26.8 Å². The maximum atomic E-state index is 13.6. The van der Waals surface area contributed by atoms with E-state index in [9.17, 15) is 19.1 Å². The third kappa shape index (κ3) is 5.44. The summed E-state index contributed by atoms with van der Waals surface area (Å²) in [5.74, 6) is -1.75. The molecule has 0 heterocycles. The number of nitrogens with one attached hydrogen (secondary N) is 2. The molecular formula is C16H23FN2O3. The molecule has 0 radical (unpaired) electrons. The first-order valence-corrected chi connectivity index (χ1v) is 7.34. The van der Waals surface area contributed by atoms with Gasteiger partial charge in [-0.2, -0.15) is 0 Å². The molecule has 0 aromatic heterocycles. The molecule has 1 aromatic carbocycles. The molecule has 0 aliphatic rings. The zero-order valence-corrected chi connectivity index (χ0v) is 13.1. The van der Waals surface area contributed by atoms with Crippen molar-refractivity contribution in [3.8, 4) is 0 Å². The third-order valence-corrected chi connectivity index (χ3v) is 3.22. The van der Waals surface area contributed by atoms with E-state index in [-0.39, 0.29) is 17.4 Å². The first-order chi connectivity index (χ1) is 10.3. The van der Waals surface area contributed by atoms with E-state index in [0.29, 0.717) is 13.0 Å². The van der Waals surface area contributed by atoms with Crippen molar-refractivity contribution in [2.24, 2.45) is 5.92 Å². The number of rotatable bonds is 7. The van der Waals surface area contributed by atoms with Gasteiger partial charge >= 0.3 is 0 Å². The quantitative estimate of drug-likeness (QED) is 0.713. The lowest BCUT2D eigenvalue weighted by atomic mass is 10.0. The van der Waals surface area contributed by atoms with Crippen molar-refractivity contribution >= 4 is 11.8 Å². The van der Waals surface area contributed by atoms with Crippen molar-refractivity contribution in [3.63, 3.8) is 0 Å². The number of halogens is 1. The van der Waals surface area contributed by atoms with Crippen LogP contribution >= 0.6 is 0 Å². The first kappa shape index (κ1) is 18.1. The topological polar surface area (TPSA) is 78.4 Å². The van der Waals surface area contributed by atoms with Gasteiger partial charge in [0.2, 0.25) is 5.91 Å². The minimum Gasteiger partial charge on any atom is -0.393 e. The number of benzene rings is 1. The molecule has 0 saturated heterocycles. The molecule has 22 heavy (non-hydrogen) atoms. The molecule has 0 saturated carbocycles. The van der Waals surface area contributed by atoms with Crippen LogP contribution in [0.15, 0.2) is 24.3 Å². The maximum Gasteiger partial charge on any atom is 0.254 e. The molecule has 0 fully saturated rings. The normalized spacial score (nSPS) is 13.5. The molecule has 2 atom stereocenters. The van der Waals surface area contributed by atoms with Gasteiger partial charge in [-0.05, 0) is 31.4 Å². The molecule has 0 aliphatic carbocycles. The highest BCUT2D eigenvalue weighted by atomic mass is 19.1. The zero-order valence-electron chi connectivity index (χ0n) is 13.1. The average Bonchev–Trinajstić information content (AvgIpc) is 2.44. The van der Waals surface area contributed by atoms with Crippen LogP contribution in [-0.4, -0.2) is 35.6 Å². The van der Waals surface area contributed by atoms with Gasteiger partial charge in [-0.25, -0.2) is 4.39 Å². The van der Waals surface area contributed by atoms with Crippen molar-refractivity contribution in [2.75, 3.05) is 6.54 Å². The summed E-state index contributed by atoms with van der Waals surface area (Å²) in [6.45, 7) is 5.53. The van der Waals surface area contributed by atoms with Gasteiger partial charge in [0, 0.05) is 6.54 Å². The summed E-state index contributed by atoms with van der Waals surface area (Å²) in [4.78, 5) is 24.2. The van der Waals surface area contributed by atoms with E-state index < -0.39 is 23.9 Å². The molecule has 1 rings (SSSR count). The minimum atomic E-state index is -0.763. The summed E-state index contributed by atoms with van der Waals surface area (Å²) >= 11 is 0. The third-order valence-electron chi connectivity index (χ3n) is 3.22. The monoisotopic (exact) mass is 310 g/mol. The lowest BCUT2D eigenvalue weighted by Crippen LogP contribution is -2.50. The molecule has 3 N–H and O–H groups in total. The smallest absolute Gasteiger partial charge is 0.254 e. The highest BCUT2D eigenvalue weighted by Gasteiger charge is 2.25. The van der Waals surface area contributed by atoms with Crippen molar-refractivity contribution in [1.82, 2.24) is 10.6 Å². The van der Waals surface area contributed by atoms with Crippen LogP contribution in [0.4, 0.5) is 4.39 Å². The van der Waals surface area contributed by atoms with E-state index in [4.69, 9.17) is 0 Å². The Labute approximate surface area is 129 Å². The fraction of sp³-hybridized carbons (Fsp3) is 0.500. The number of amides is 2. The molecular weight excluding hydrogens is 287 g/mol. The fourth-order valence-electron chi connectivity index (χ4n) is 1.91. The Balaban J connectivity index is 2.70. The van der Waals surface area contributed by atoms with Crippen LogP contribution in [0.25, 0.3) is 0 Å². The summed E-state index contributed by atoms with van der Waals surface area (Å²) in [7, 11) is 0. The van der Waals surface area contributed by atoms with Crippen molar-refractivity contribution in [3.05, 3.63) is 35.6 Å². The Morgan fingerprint density at radius 1 is 1.23 bits per heavy atom. The van der Waals surface area contributed by atoms with Crippen LogP contribution in [-0.2, 0) is 4.79 Å². The van der Waals surface area contributed by atoms with Crippen LogP contribution in [0.1, 0.15) is 37.6 Å². The van der Waals surface area contributed by atoms with E-state index in [2.05, 4.69) is 10.6 Å². The van der Waals surface area contributed by atoms with Gasteiger partial charge in [0.25, 0.3) is 5.91 Å². The summed E-state index contributed by atoms with van der Waals surface area (Å²) in [6.07, 6.45) is -0.0801. The Morgan fingerprint density at radius 3 is 2.41 bits per heavy atom. The van der Waals surface area contributed by atoms with E-state index >= 15 is 0 Å². The standard InChI is InChI=1S/C16H23FN2O3/c1-10(2)14(16(22)18-9-8-11(3)20)19-15(21)12-6-4-5-7-13(12)17/h4-7,10-11,14,20H,8-9H2,1-3H3,(H,18,22)(H,19,21). The van der Waals surface area contributed by atoms with Crippen LogP contribution in [0.3, 0.4) is 0 Å². The van der Waals surface area contributed by atoms with Crippen LogP contribution in [0.5, 0.6) is 0 Å². The fourth-order valence-corrected chi connectivity index (χ4v) is 1.91. The molecule has 6 heteroatoms. The van der Waals surface area contributed by atoms with Gasteiger partial charge < -0.3 is 15.7 Å². The average molecular weight is 310 g/mol. The van der Waals surface area contributed by atoms with Crippen molar-refractivity contribution in [2.45, 2.75) is 39.3 Å². The Hall–Kier alpha value is -1.95. The van der Waals surface area contributed by atoms with Crippen LogP contribution in [0.2, 0.25) is 0 Å². The Morgan fingerprint density at radius 2 is 1.86 bits per heavy atom. The summed E-state index contributed by atoms with van der Waals surface area (Å²) in [6, 6.07) is 4.86. The minimum absolute atomic E-state index is 0.0927. The van der Waals surface area contributed by atoms with E-state index in [1.807, 2.05) is 0 Å². The second-order valence-corrected chi connectivity index (χ2v) is 5.60. The largest absolute Gasteiger partial charge is 0.393 e. The van der Waals surface area contributed by atoms with Gasteiger partial charge in [0.05, 0.1) is 11.7 Å². The van der Waals surface area contributed by atoms with Gasteiger partial charge in [-0.15, -0.1) is 0 Å². The zero-order chi connectivity index (χ0) is 16.7. The second-order valence-electron chi connectivity index (χ2n) is 5.60. The summed E-state index contributed by atoms with van der Waals surface area (Å²) < 4.78 is 13.6. The van der Waals surface area contributed by atoms with Gasteiger partial charge in [-0.3, -0.25) is 9.59 Å². The maximum absolute atomic E-state index is 13.6. The highest BCUT2D eigenvalue weighted by Crippen LogP contribution is 2.09. The highest BCUT2D eigenvalue weighted by molar-refractivity contribution is 5.97. The number of aliphatic hydroxyl groups is 1. The van der Waals surface area contributed by atoms with Gasteiger partial charge in [0.1, 0.15) is 11.9 Å². The summed E-state index contributed by atoms with van der Waals surface area (Å²) in [5.41, 5.74) is -0.0927. The number of carbonyl (C=O) groups excluding carboxylic acids is 2. The van der Waals surface area contributed by atoms with Gasteiger partial charge in [0.15, 0.2) is 0 Å². The summed E-state index contributed by atoms with van der Waals surface area (Å²) in [5, 5.41) is 14.4. The number of hydrogen-bond donors (Lipinski definition) is 3. The predicted molar refractivity (Wildman–Crippen MR) is 81.8 cm³/mol. The van der Waals surface area contributed by atoms with E-state index in [0.717, 1.165) is 0 Å². The second kappa shape index (κ2) is 8.48. The molecule has 1 aromatic rings. The predicted octanol–water partition coefficient (Wildman–Crippen LogP) is 1.47. The molecule has 122 valence electrons. The van der Waals surface area contributed by atoms with E-state index in [1.165, 1.54) is 18.2 Å². The molecule has 2 unspecified atom stereocenters. The Bertz CT molecular complexity index is 518. The van der Waals surface area contributed by atoms with Gasteiger partial charge in [-0.1, -0.05) is 26.0 Å². The lowest BCUT2D eigenvalue weighted by molar-refractivity contribution is -0.124. The van der Waals surface area contributed by atoms with Crippen LogP contribution < -0.4 is 10.6 Å². The Kier molecular flexibility index (Phi) is 6.98. The lowest BCUT2D eigenvalue weighted by Gasteiger charge is -2.22. The molecule has 0 aliphatic heterocycles. The molecule has 0 bridgehead atoms. The molecule has 0 spiro atoms. The number of carbonyl (C=O) groups is 2. The number of hydrogen-bond acceptors (Lipinski definition) is 3.